The minimum atomic E-state index is -4.96. The van der Waals surface area contributed by atoms with Gasteiger partial charge in [0, 0.05) is 25.7 Å². The molecule has 0 spiro atoms. The van der Waals surface area contributed by atoms with E-state index in [1.165, 1.54) is 244 Å². The zero-order valence-electron chi connectivity index (χ0n) is 63.9. The van der Waals surface area contributed by atoms with E-state index in [1.54, 1.807) is 0 Å². The highest BCUT2D eigenvalue weighted by Gasteiger charge is 2.30. The van der Waals surface area contributed by atoms with Crippen molar-refractivity contribution in [2.75, 3.05) is 39.6 Å². The molecule has 0 rings (SSSR count). The Hall–Kier alpha value is -1.94. The van der Waals surface area contributed by atoms with Crippen LogP contribution in [0.4, 0.5) is 0 Å². The quantitative estimate of drug-likeness (QED) is 0.0222. The van der Waals surface area contributed by atoms with E-state index in [-0.39, 0.29) is 25.7 Å². The molecule has 0 bridgehead atoms. The van der Waals surface area contributed by atoms with Gasteiger partial charge in [-0.25, -0.2) is 9.13 Å². The van der Waals surface area contributed by atoms with Crippen molar-refractivity contribution in [2.24, 2.45) is 5.92 Å². The smallest absolute Gasteiger partial charge is 0.462 e. The molecule has 0 amide bonds. The standard InChI is InChI=1S/C79H154O17P2/c1-6-9-12-15-18-21-23-24-25-26-27-28-32-35-39-43-48-53-58-63-77(82)90-69-75(96-79(84)65-60-55-50-45-40-36-33-30-29-31-34-38-42-46-51-56-61-72(4)5)71-94-98(87,88)92-67-73(80)66-91-97(85,86)93-70-74(68-89-76(81)62-57-52-47-41-20-17-14-11-8-3)95-78(83)64-59-54-49-44-37-22-19-16-13-10-7-2/h72-75,80H,6-71H2,1-5H3,(H,85,86)(H,87,88)/t73-,74+,75+/m0/s1. The lowest BCUT2D eigenvalue weighted by atomic mass is 10.0. The van der Waals surface area contributed by atoms with Crippen molar-refractivity contribution in [2.45, 2.75) is 438 Å². The zero-order chi connectivity index (χ0) is 71.9. The second-order valence-electron chi connectivity index (χ2n) is 28.9. The third-order valence-corrected chi connectivity index (χ3v) is 20.4. The molecule has 0 aromatic heterocycles. The van der Waals surface area contributed by atoms with Gasteiger partial charge in [-0.15, -0.1) is 0 Å². The highest BCUT2D eigenvalue weighted by molar-refractivity contribution is 7.47. The van der Waals surface area contributed by atoms with Crippen LogP contribution in [-0.4, -0.2) is 96.7 Å². The number of hydrogen-bond acceptors (Lipinski definition) is 15. The fraction of sp³-hybridized carbons (Fsp3) is 0.949. The first-order valence-corrected chi connectivity index (χ1v) is 44.1. The first-order chi connectivity index (χ1) is 47.5. The van der Waals surface area contributed by atoms with Crippen molar-refractivity contribution in [3.63, 3.8) is 0 Å². The van der Waals surface area contributed by atoms with Crippen LogP contribution in [0.5, 0.6) is 0 Å². The lowest BCUT2D eigenvalue weighted by molar-refractivity contribution is -0.161. The van der Waals surface area contributed by atoms with E-state index in [4.69, 9.17) is 37.0 Å². The Balaban J connectivity index is 5.19. The fourth-order valence-corrected chi connectivity index (χ4v) is 13.8. The topological polar surface area (TPSA) is 237 Å². The number of phosphoric ester groups is 2. The van der Waals surface area contributed by atoms with E-state index in [9.17, 15) is 43.2 Å². The van der Waals surface area contributed by atoms with Crippen molar-refractivity contribution in [1.29, 1.82) is 0 Å². The summed E-state index contributed by atoms with van der Waals surface area (Å²) in [5, 5.41) is 10.6. The maximum atomic E-state index is 13.1. The average Bonchev–Trinajstić information content (AvgIpc) is 1.08. The van der Waals surface area contributed by atoms with Gasteiger partial charge in [0.05, 0.1) is 26.4 Å². The molecule has 0 aliphatic rings. The summed E-state index contributed by atoms with van der Waals surface area (Å²) in [5.74, 6) is -1.30. The van der Waals surface area contributed by atoms with Crippen molar-refractivity contribution in [1.82, 2.24) is 0 Å². The molecule has 19 heteroatoms. The van der Waals surface area contributed by atoms with E-state index in [1.807, 2.05) is 0 Å². The van der Waals surface area contributed by atoms with E-state index < -0.39 is 97.5 Å². The molecule has 0 aliphatic heterocycles. The maximum absolute atomic E-state index is 13.1. The number of carbonyl (C=O) groups is 4. The van der Waals surface area contributed by atoms with Gasteiger partial charge in [0.2, 0.25) is 0 Å². The molecule has 0 radical (unpaired) electrons. The summed E-state index contributed by atoms with van der Waals surface area (Å²) in [4.78, 5) is 72.8. The van der Waals surface area contributed by atoms with Gasteiger partial charge in [-0.3, -0.25) is 37.3 Å². The van der Waals surface area contributed by atoms with Crippen LogP contribution in [0, 0.1) is 5.92 Å². The van der Waals surface area contributed by atoms with Crippen LogP contribution >= 0.6 is 15.6 Å². The van der Waals surface area contributed by atoms with Crippen LogP contribution in [0.3, 0.4) is 0 Å². The van der Waals surface area contributed by atoms with E-state index in [2.05, 4.69) is 34.6 Å². The van der Waals surface area contributed by atoms with E-state index >= 15 is 0 Å². The van der Waals surface area contributed by atoms with Gasteiger partial charge in [0.15, 0.2) is 12.2 Å². The van der Waals surface area contributed by atoms with Crippen molar-refractivity contribution >= 4 is 39.5 Å². The molecule has 5 atom stereocenters. The molecule has 98 heavy (non-hydrogen) atoms. The number of carbonyl (C=O) groups excluding carboxylic acids is 4. The summed E-state index contributed by atoms with van der Waals surface area (Å²) in [6, 6.07) is 0. The highest BCUT2D eigenvalue weighted by Crippen LogP contribution is 2.45. The van der Waals surface area contributed by atoms with Gasteiger partial charge in [-0.2, -0.15) is 0 Å². The van der Waals surface area contributed by atoms with Gasteiger partial charge in [0.25, 0.3) is 0 Å². The second kappa shape index (κ2) is 72.0. The van der Waals surface area contributed by atoms with Gasteiger partial charge >= 0.3 is 39.5 Å². The number of esters is 4. The molecule has 2 unspecified atom stereocenters. The molecule has 0 fully saturated rings. The number of rotatable bonds is 79. The number of phosphoric acid groups is 2. The molecular formula is C79H154O17P2. The Kier molecular flexibility index (Phi) is 70.6. The molecule has 0 saturated heterocycles. The summed E-state index contributed by atoms with van der Waals surface area (Å²) in [6.45, 7) is 7.32. The lowest BCUT2D eigenvalue weighted by Crippen LogP contribution is -2.30. The predicted molar refractivity (Wildman–Crippen MR) is 400 cm³/mol. The predicted octanol–water partition coefficient (Wildman–Crippen LogP) is 23.6. The van der Waals surface area contributed by atoms with Gasteiger partial charge < -0.3 is 33.8 Å². The number of hydrogen-bond donors (Lipinski definition) is 3. The minimum Gasteiger partial charge on any atom is -0.462 e. The Morgan fingerprint density at radius 2 is 0.469 bits per heavy atom. The van der Waals surface area contributed by atoms with Crippen molar-refractivity contribution in [3.8, 4) is 0 Å². The van der Waals surface area contributed by atoms with Crippen LogP contribution < -0.4 is 0 Å². The van der Waals surface area contributed by atoms with Gasteiger partial charge in [0.1, 0.15) is 19.3 Å². The first kappa shape index (κ1) is 96.1. The van der Waals surface area contributed by atoms with E-state index in [0.717, 1.165) is 95.8 Å². The molecule has 0 aliphatic carbocycles. The molecular weight excluding hydrogens is 1280 g/mol. The minimum absolute atomic E-state index is 0.107. The molecule has 0 saturated carbocycles. The average molecular weight is 1440 g/mol. The Bertz CT molecular complexity index is 1870. The fourth-order valence-electron chi connectivity index (χ4n) is 12.2. The van der Waals surface area contributed by atoms with Gasteiger partial charge in [-0.1, -0.05) is 369 Å². The third-order valence-electron chi connectivity index (χ3n) is 18.5. The molecule has 17 nitrogen and oxygen atoms in total. The first-order valence-electron chi connectivity index (χ1n) is 41.1. The van der Waals surface area contributed by atoms with Crippen LogP contribution in [-0.2, 0) is 65.4 Å². The summed E-state index contributed by atoms with van der Waals surface area (Å²) in [6.07, 6.45) is 62.5. The number of aliphatic hydroxyl groups excluding tert-OH is 1. The summed E-state index contributed by atoms with van der Waals surface area (Å²) in [7, 11) is -9.91. The molecule has 3 N–H and O–H groups in total. The maximum Gasteiger partial charge on any atom is 0.472 e. The van der Waals surface area contributed by atoms with E-state index in [0.29, 0.717) is 25.7 Å². The number of aliphatic hydroxyl groups is 1. The Morgan fingerprint density at radius 3 is 0.694 bits per heavy atom. The molecule has 582 valence electrons. The zero-order valence-corrected chi connectivity index (χ0v) is 65.7. The molecule has 0 aromatic carbocycles. The summed E-state index contributed by atoms with van der Waals surface area (Å²) >= 11 is 0. The highest BCUT2D eigenvalue weighted by atomic mass is 31.2. The normalized spacial score (nSPS) is 13.9. The monoisotopic (exact) mass is 1440 g/mol. The molecule has 0 aromatic rings. The third kappa shape index (κ3) is 72.4. The summed E-state index contributed by atoms with van der Waals surface area (Å²) < 4.78 is 68.6. The molecule has 0 heterocycles. The van der Waals surface area contributed by atoms with Crippen LogP contribution in [0.25, 0.3) is 0 Å². The largest absolute Gasteiger partial charge is 0.472 e. The number of ether oxygens (including phenoxy) is 4. The van der Waals surface area contributed by atoms with Crippen molar-refractivity contribution < 1.29 is 80.2 Å². The Labute approximate surface area is 600 Å². The van der Waals surface area contributed by atoms with Crippen molar-refractivity contribution in [3.05, 3.63) is 0 Å². The summed E-state index contributed by atoms with van der Waals surface area (Å²) in [5.41, 5.74) is 0. The van der Waals surface area contributed by atoms with Crippen LogP contribution in [0.1, 0.15) is 420 Å². The second-order valence-corrected chi connectivity index (χ2v) is 31.8. The lowest BCUT2D eigenvalue weighted by Gasteiger charge is -2.21. The van der Waals surface area contributed by atoms with Crippen LogP contribution in [0.2, 0.25) is 0 Å². The number of unbranched alkanes of at least 4 members (excludes halogenated alkanes) is 51. The van der Waals surface area contributed by atoms with Gasteiger partial charge in [-0.05, 0) is 31.6 Å². The Morgan fingerprint density at radius 1 is 0.276 bits per heavy atom. The van der Waals surface area contributed by atoms with Crippen LogP contribution in [0.15, 0.2) is 0 Å². The SMILES string of the molecule is CCCCCCCCCCCCCCCCCCCCCC(=O)OC[C@H](COP(=O)(O)OC[C@@H](O)COP(=O)(O)OC[C@@H](COC(=O)CCCCCCCCCCC)OC(=O)CCCCCCCCCCCCC)OC(=O)CCCCCCCCCCCCCCCCCCC(C)C.